The average Bonchev–Trinajstić information content (AvgIpc) is 3.96. The summed E-state index contributed by atoms with van der Waals surface area (Å²) in [6.07, 6.45) is 2.43. The maximum Gasteiger partial charge on any atom is 0.311 e. The number of aliphatic hydroxyl groups is 2. The van der Waals surface area contributed by atoms with Crippen LogP contribution in [0.1, 0.15) is 127 Å². The molecule has 0 radical (unpaired) electrons. The fraction of sp³-hybridized carbons (Fsp3) is 0.979. The minimum Gasteiger partial charge on any atom is -0.481 e. The molecule has 0 aromatic heterocycles. The first-order valence-corrected chi connectivity index (χ1v) is 23.7. The van der Waals surface area contributed by atoms with Crippen molar-refractivity contribution in [2.45, 2.75) is 230 Å². The summed E-state index contributed by atoms with van der Waals surface area (Å²) in [6, 6.07) is 0. The Bertz CT molecular complexity index is 1530. The van der Waals surface area contributed by atoms with Gasteiger partial charge >= 0.3 is 5.97 Å². The van der Waals surface area contributed by atoms with Gasteiger partial charge in [0.25, 0.3) is 0 Å². The summed E-state index contributed by atoms with van der Waals surface area (Å²) < 4.78 is 72.1. The molecule has 15 heteroatoms. The summed E-state index contributed by atoms with van der Waals surface area (Å²) in [6.45, 7) is 19.5. The van der Waals surface area contributed by atoms with Crippen molar-refractivity contribution in [1.29, 1.82) is 0 Å². The van der Waals surface area contributed by atoms with Gasteiger partial charge in [-0.2, -0.15) is 0 Å². The Hall–Kier alpha value is -1.05. The SMILES string of the molecule is CO[C@@H]1[C@@H](C)[C@@]2(O[C@H](C[C@@H]3O[C@](O)([C@H](C)C(=O)O)[C@H](C)[C@@H](O[C@@H]4CC[C@@H](OC)[C@@H](C)O4)[C@H]3C)C[C@@H](OC)[C@@H]2C)O[C@@]1(C)[C@H]1CC[C@H]([C@@H]2CC[C@H]([C@@H]3O[C@](C)(O)[C@@H](C)C[C@H]3C)O2)O1. The summed E-state index contributed by atoms with van der Waals surface area (Å²) in [5.74, 6) is -7.83. The van der Waals surface area contributed by atoms with E-state index in [9.17, 15) is 20.1 Å². The zero-order valence-electron chi connectivity index (χ0n) is 39.7. The number of carbonyl (C=O) groups is 1. The average molecular weight is 885 g/mol. The van der Waals surface area contributed by atoms with Crippen LogP contribution in [0, 0.1) is 41.4 Å². The first kappa shape index (κ1) is 48.9. The van der Waals surface area contributed by atoms with Gasteiger partial charge in [-0.3, -0.25) is 4.79 Å². The lowest BCUT2D eigenvalue weighted by Gasteiger charge is -2.54. The maximum absolute atomic E-state index is 12.5. The van der Waals surface area contributed by atoms with Crippen LogP contribution in [-0.2, 0) is 56.9 Å². The minimum absolute atomic E-state index is 0.0467. The van der Waals surface area contributed by atoms with Crippen molar-refractivity contribution in [2.24, 2.45) is 41.4 Å². The smallest absolute Gasteiger partial charge is 0.311 e. The van der Waals surface area contributed by atoms with Gasteiger partial charge in [0.05, 0.1) is 73.2 Å². The van der Waals surface area contributed by atoms with E-state index in [-0.39, 0.29) is 84.5 Å². The quantitative estimate of drug-likeness (QED) is 0.213. The van der Waals surface area contributed by atoms with Crippen LogP contribution < -0.4 is 0 Å². The van der Waals surface area contributed by atoms with Crippen LogP contribution in [-0.4, -0.2) is 145 Å². The predicted octanol–water partition coefficient (Wildman–Crippen LogP) is 5.82. The maximum atomic E-state index is 12.5. The number of hydrogen-bond donors (Lipinski definition) is 3. The molecule has 7 fully saturated rings. The molecule has 7 saturated heterocycles. The Morgan fingerprint density at radius 2 is 1.40 bits per heavy atom. The molecule has 24 atom stereocenters. The number of rotatable bonds is 12. The van der Waals surface area contributed by atoms with Crippen molar-refractivity contribution < 1.29 is 72.2 Å². The van der Waals surface area contributed by atoms with Gasteiger partial charge in [0.2, 0.25) is 0 Å². The van der Waals surface area contributed by atoms with Crippen LogP contribution in [0.15, 0.2) is 0 Å². The van der Waals surface area contributed by atoms with Crippen molar-refractivity contribution in [3.05, 3.63) is 0 Å². The molecule has 7 rings (SSSR count). The van der Waals surface area contributed by atoms with Crippen molar-refractivity contribution in [3.8, 4) is 0 Å². The molecule has 0 bridgehead atoms. The van der Waals surface area contributed by atoms with E-state index < -0.39 is 65.4 Å². The van der Waals surface area contributed by atoms with Crippen molar-refractivity contribution >= 4 is 5.97 Å². The molecule has 0 aromatic carbocycles. The molecule has 0 aromatic rings. The predicted molar refractivity (Wildman–Crippen MR) is 225 cm³/mol. The monoisotopic (exact) mass is 885 g/mol. The second-order valence-electron chi connectivity index (χ2n) is 20.8. The largest absolute Gasteiger partial charge is 0.481 e. The molecule has 0 amide bonds. The molecule has 0 saturated carbocycles. The molecular formula is C47H80O15. The number of carboxylic acids is 1. The first-order chi connectivity index (χ1) is 29.1. The minimum atomic E-state index is -2.03. The standard InChI is InChI=1S/C47H80O15/c1-23-20-24(2)45(10,50)61-40(23)35-15-14-33(56-35)34-16-18-38(57-34)44(9)42(54-13)28(6)47(62-44)26(4)37(53-12)22-31(59-47)21-36-25(3)41(27(5)46(51,60-36)29(7)43(48)49)58-39-19-17-32(52-11)30(8)55-39/h23-42,50-51H,14-22H2,1-13H3,(H,48,49)/t23-,24+,25+,26+,27-,28-,29-,30-,31-,32-,33+,34-,35-,36+,37-,38-,39-,40-,41+,42-,44+,45+,46+,47+/m1/s1. The molecule has 62 heavy (non-hydrogen) atoms. The number of aliphatic carboxylic acids is 1. The van der Waals surface area contributed by atoms with Gasteiger partial charge in [-0.1, -0.05) is 41.5 Å². The molecule has 0 unspecified atom stereocenters. The lowest BCUT2D eigenvalue weighted by Crippen LogP contribution is -2.64. The van der Waals surface area contributed by atoms with E-state index in [1.165, 1.54) is 6.92 Å². The third-order valence-electron chi connectivity index (χ3n) is 17.0. The van der Waals surface area contributed by atoms with E-state index >= 15 is 0 Å². The van der Waals surface area contributed by atoms with E-state index in [1.54, 1.807) is 35.2 Å². The van der Waals surface area contributed by atoms with Crippen LogP contribution in [0.4, 0.5) is 0 Å². The normalized spacial score (nSPS) is 54.2. The van der Waals surface area contributed by atoms with Gasteiger partial charge in [-0.15, -0.1) is 0 Å². The van der Waals surface area contributed by atoms with Crippen LogP contribution in [0.25, 0.3) is 0 Å². The Balaban J connectivity index is 1.08. The van der Waals surface area contributed by atoms with E-state index in [0.29, 0.717) is 19.3 Å². The fourth-order valence-electron chi connectivity index (χ4n) is 12.8. The highest BCUT2D eigenvalue weighted by Crippen LogP contribution is 2.57. The molecule has 7 aliphatic rings. The second kappa shape index (κ2) is 18.6. The third-order valence-corrected chi connectivity index (χ3v) is 17.0. The van der Waals surface area contributed by atoms with Gasteiger partial charge in [0, 0.05) is 70.2 Å². The topological polar surface area (TPSA) is 179 Å². The second-order valence-corrected chi connectivity index (χ2v) is 20.8. The molecule has 0 aliphatic carbocycles. The lowest BCUT2D eigenvalue weighted by atomic mass is 9.74. The van der Waals surface area contributed by atoms with Gasteiger partial charge in [-0.05, 0) is 72.1 Å². The van der Waals surface area contributed by atoms with Crippen LogP contribution in [0.5, 0.6) is 0 Å². The highest BCUT2D eigenvalue weighted by molar-refractivity contribution is 5.70. The van der Waals surface area contributed by atoms with Gasteiger partial charge in [0.1, 0.15) is 11.5 Å². The number of hydrogen-bond acceptors (Lipinski definition) is 14. The summed E-state index contributed by atoms with van der Waals surface area (Å²) >= 11 is 0. The summed E-state index contributed by atoms with van der Waals surface area (Å²) in [7, 11) is 5.10. The van der Waals surface area contributed by atoms with Crippen molar-refractivity contribution in [2.75, 3.05) is 21.3 Å². The number of carboxylic acid groups (broad SMARTS) is 1. The van der Waals surface area contributed by atoms with Crippen LogP contribution >= 0.6 is 0 Å². The fourth-order valence-corrected chi connectivity index (χ4v) is 12.8. The molecule has 3 N–H and O–H groups in total. The van der Waals surface area contributed by atoms with Crippen molar-refractivity contribution in [1.82, 2.24) is 0 Å². The van der Waals surface area contributed by atoms with Gasteiger partial charge in [-0.25, -0.2) is 0 Å². The Morgan fingerprint density at radius 1 is 0.742 bits per heavy atom. The van der Waals surface area contributed by atoms with Gasteiger partial charge < -0.3 is 67.4 Å². The third kappa shape index (κ3) is 8.69. The Labute approximate surface area is 369 Å². The number of methoxy groups -OCH3 is 3. The van der Waals surface area contributed by atoms with E-state index in [1.807, 2.05) is 20.8 Å². The molecule has 7 aliphatic heterocycles. The summed E-state index contributed by atoms with van der Waals surface area (Å²) in [5, 5.41) is 33.4. The zero-order chi connectivity index (χ0) is 45.3. The van der Waals surface area contributed by atoms with Crippen LogP contribution in [0.2, 0.25) is 0 Å². The number of ether oxygens (including phenoxy) is 11. The van der Waals surface area contributed by atoms with E-state index in [2.05, 4.69) is 27.7 Å². The Morgan fingerprint density at radius 3 is 2.05 bits per heavy atom. The summed E-state index contributed by atoms with van der Waals surface area (Å²) in [4.78, 5) is 12.5. The molecule has 7 heterocycles. The van der Waals surface area contributed by atoms with Gasteiger partial charge in [0.15, 0.2) is 23.7 Å². The molecular weight excluding hydrogens is 805 g/mol. The van der Waals surface area contributed by atoms with Crippen molar-refractivity contribution in [3.63, 3.8) is 0 Å². The molecule has 15 nitrogen and oxygen atoms in total. The summed E-state index contributed by atoms with van der Waals surface area (Å²) in [5.41, 5.74) is -0.885. The first-order valence-electron chi connectivity index (χ1n) is 23.7. The van der Waals surface area contributed by atoms with E-state index in [4.69, 9.17) is 52.1 Å². The molecule has 358 valence electrons. The van der Waals surface area contributed by atoms with E-state index in [0.717, 1.165) is 38.5 Å². The highest BCUT2D eigenvalue weighted by Gasteiger charge is 2.69. The van der Waals surface area contributed by atoms with Crippen LogP contribution in [0.3, 0.4) is 0 Å². The lowest BCUT2D eigenvalue weighted by molar-refractivity contribution is -0.372. The molecule has 1 spiro atoms. The zero-order valence-corrected chi connectivity index (χ0v) is 39.7. The Kier molecular flexibility index (Phi) is 14.6. The highest BCUT2D eigenvalue weighted by atomic mass is 16.7.